The van der Waals surface area contributed by atoms with Gasteiger partial charge in [0.25, 0.3) is 0 Å². The van der Waals surface area contributed by atoms with Crippen LogP contribution in [0.1, 0.15) is 51.0 Å². The predicted molar refractivity (Wildman–Crippen MR) is 77.9 cm³/mol. The molecule has 1 nitrogen and oxygen atoms in total. The largest absolute Gasteiger partial charge is 0.573 e. The zero-order valence-corrected chi connectivity index (χ0v) is 13.2. The molecule has 0 aliphatic heterocycles. The van der Waals surface area contributed by atoms with Gasteiger partial charge in [-0.05, 0) is 30.5 Å². The van der Waals surface area contributed by atoms with Crippen LogP contribution < -0.4 is 4.74 Å². The summed E-state index contributed by atoms with van der Waals surface area (Å²) in [5, 5.41) is 0. The second-order valence-corrected chi connectivity index (χ2v) is 5.73. The van der Waals surface area contributed by atoms with Crippen LogP contribution >= 0.6 is 15.9 Å². The van der Waals surface area contributed by atoms with Gasteiger partial charge in [-0.15, -0.1) is 13.2 Å². The molecule has 1 aromatic carbocycles. The van der Waals surface area contributed by atoms with E-state index in [2.05, 4.69) is 27.6 Å². The van der Waals surface area contributed by atoms with E-state index in [1.807, 2.05) is 0 Å². The van der Waals surface area contributed by atoms with Crippen LogP contribution in [0.4, 0.5) is 13.2 Å². The summed E-state index contributed by atoms with van der Waals surface area (Å²) in [6.07, 6.45) is 2.65. The Bertz CT molecular complexity index is 405. The number of hydrogen-bond acceptors (Lipinski definition) is 1. The molecule has 0 heterocycles. The number of rotatable bonds is 8. The number of benzene rings is 1. The predicted octanol–water partition coefficient (Wildman–Crippen LogP) is 6.25. The van der Waals surface area contributed by atoms with E-state index in [4.69, 9.17) is 0 Å². The Kier molecular flexibility index (Phi) is 7.41. The van der Waals surface area contributed by atoms with Crippen molar-refractivity contribution in [3.8, 4) is 5.75 Å². The fourth-order valence-electron chi connectivity index (χ4n) is 2.05. The summed E-state index contributed by atoms with van der Waals surface area (Å²) in [7, 11) is 0. The SMILES string of the molecule is CCCCCCCCc1ccc(Br)cc1OC(F)(F)F. The van der Waals surface area contributed by atoms with Crippen LogP contribution in [0.25, 0.3) is 0 Å². The van der Waals surface area contributed by atoms with Gasteiger partial charge in [0.15, 0.2) is 0 Å². The van der Waals surface area contributed by atoms with Gasteiger partial charge in [0.1, 0.15) is 5.75 Å². The lowest BCUT2D eigenvalue weighted by Gasteiger charge is -2.13. The van der Waals surface area contributed by atoms with Gasteiger partial charge >= 0.3 is 6.36 Å². The van der Waals surface area contributed by atoms with Crippen molar-refractivity contribution >= 4 is 15.9 Å². The van der Waals surface area contributed by atoms with Crippen molar-refractivity contribution in [2.45, 2.75) is 58.2 Å². The van der Waals surface area contributed by atoms with Crippen molar-refractivity contribution in [2.75, 3.05) is 0 Å². The van der Waals surface area contributed by atoms with Crippen LogP contribution in [-0.4, -0.2) is 6.36 Å². The quantitative estimate of drug-likeness (QED) is 0.502. The molecular formula is C15H20BrF3O. The maximum absolute atomic E-state index is 12.3. The van der Waals surface area contributed by atoms with Crippen molar-refractivity contribution < 1.29 is 17.9 Å². The number of aryl methyl sites for hydroxylation is 1. The fourth-order valence-corrected chi connectivity index (χ4v) is 2.39. The van der Waals surface area contributed by atoms with Crippen molar-refractivity contribution in [1.29, 1.82) is 0 Å². The third-order valence-corrected chi connectivity index (χ3v) is 3.55. The van der Waals surface area contributed by atoms with Crippen LogP contribution in [0.2, 0.25) is 0 Å². The van der Waals surface area contributed by atoms with E-state index >= 15 is 0 Å². The maximum atomic E-state index is 12.3. The van der Waals surface area contributed by atoms with Gasteiger partial charge < -0.3 is 4.74 Å². The molecule has 1 aromatic rings. The van der Waals surface area contributed by atoms with E-state index in [1.165, 1.54) is 25.3 Å². The molecular weight excluding hydrogens is 333 g/mol. The molecule has 20 heavy (non-hydrogen) atoms. The lowest BCUT2D eigenvalue weighted by molar-refractivity contribution is -0.274. The number of alkyl halides is 3. The van der Waals surface area contributed by atoms with Gasteiger partial charge in [-0.1, -0.05) is 61.0 Å². The lowest BCUT2D eigenvalue weighted by atomic mass is 10.0. The number of unbranched alkanes of at least 4 members (excludes halogenated alkanes) is 5. The number of halogens is 4. The molecule has 1 rings (SSSR count). The summed E-state index contributed by atoms with van der Waals surface area (Å²) in [4.78, 5) is 0. The Labute approximate surface area is 126 Å². The van der Waals surface area contributed by atoms with E-state index in [9.17, 15) is 13.2 Å². The highest BCUT2D eigenvalue weighted by Gasteiger charge is 2.32. The van der Waals surface area contributed by atoms with Gasteiger partial charge in [-0.25, -0.2) is 0 Å². The monoisotopic (exact) mass is 352 g/mol. The van der Waals surface area contributed by atoms with Gasteiger partial charge in [-0.3, -0.25) is 0 Å². The Balaban J connectivity index is 2.51. The summed E-state index contributed by atoms with van der Waals surface area (Å²) >= 11 is 3.17. The minimum absolute atomic E-state index is 0.0968. The van der Waals surface area contributed by atoms with E-state index in [0.29, 0.717) is 16.5 Å². The van der Waals surface area contributed by atoms with E-state index in [1.54, 1.807) is 12.1 Å². The molecule has 0 atom stereocenters. The first-order valence-electron chi connectivity index (χ1n) is 6.96. The molecule has 5 heteroatoms. The van der Waals surface area contributed by atoms with Crippen molar-refractivity contribution in [3.05, 3.63) is 28.2 Å². The van der Waals surface area contributed by atoms with Crippen molar-refractivity contribution in [2.24, 2.45) is 0 Å². The average Bonchev–Trinajstić information content (AvgIpc) is 2.34. The van der Waals surface area contributed by atoms with Gasteiger partial charge in [-0.2, -0.15) is 0 Å². The smallest absolute Gasteiger partial charge is 0.405 e. The molecule has 0 saturated heterocycles. The van der Waals surface area contributed by atoms with Gasteiger partial charge in [0.2, 0.25) is 0 Å². The topological polar surface area (TPSA) is 9.23 Å². The van der Waals surface area contributed by atoms with E-state index in [-0.39, 0.29) is 5.75 Å². The van der Waals surface area contributed by atoms with E-state index < -0.39 is 6.36 Å². The second-order valence-electron chi connectivity index (χ2n) is 4.82. The summed E-state index contributed by atoms with van der Waals surface area (Å²) in [5.41, 5.74) is 0.612. The van der Waals surface area contributed by atoms with Gasteiger partial charge in [0, 0.05) is 4.47 Å². The Hall–Kier alpha value is -0.710. The molecule has 0 N–H and O–H groups in total. The number of ether oxygens (including phenoxy) is 1. The molecule has 0 amide bonds. The molecule has 0 aliphatic rings. The van der Waals surface area contributed by atoms with Gasteiger partial charge in [0.05, 0.1) is 0 Å². The Morgan fingerprint density at radius 2 is 1.70 bits per heavy atom. The highest BCUT2D eigenvalue weighted by molar-refractivity contribution is 9.10. The molecule has 0 fully saturated rings. The summed E-state index contributed by atoms with van der Waals surface area (Å²) in [5.74, 6) is -0.0968. The van der Waals surface area contributed by atoms with E-state index in [0.717, 1.165) is 19.3 Å². The van der Waals surface area contributed by atoms with Crippen molar-refractivity contribution in [1.82, 2.24) is 0 Å². The lowest BCUT2D eigenvalue weighted by Crippen LogP contribution is -2.18. The normalized spacial score (nSPS) is 11.7. The van der Waals surface area contributed by atoms with Crippen LogP contribution in [-0.2, 0) is 6.42 Å². The summed E-state index contributed by atoms with van der Waals surface area (Å²) in [6.45, 7) is 2.16. The minimum Gasteiger partial charge on any atom is -0.405 e. The van der Waals surface area contributed by atoms with Crippen LogP contribution in [0.5, 0.6) is 5.75 Å². The second kappa shape index (κ2) is 8.55. The molecule has 0 spiro atoms. The van der Waals surface area contributed by atoms with Crippen LogP contribution in [0.3, 0.4) is 0 Å². The van der Waals surface area contributed by atoms with Crippen molar-refractivity contribution in [3.63, 3.8) is 0 Å². The first-order chi connectivity index (χ1) is 9.42. The Morgan fingerprint density at radius 3 is 2.35 bits per heavy atom. The number of hydrogen-bond donors (Lipinski definition) is 0. The summed E-state index contributed by atoms with van der Waals surface area (Å²) in [6, 6.07) is 4.81. The molecule has 0 aromatic heterocycles. The molecule has 0 unspecified atom stereocenters. The highest BCUT2D eigenvalue weighted by Crippen LogP contribution is 2.30. The fraction of sp³-hybridized carbons (Fsp3) is 0.600. The molecule has 0 aliphatic carbocycles. The zero-order chi connectivity index (χ0) is 15.0. The molecule has 114 valence electrons. The zero-order valence-electron chi connectivity index (χ0n) is 11.6. The Morgan fingerprint density at radius 1 is 1.05 bits per heavy atom. The maximum Gasteiger partial charge on any atom is 0.573 e. The van der Waals surface area contributed by atoms with Crippen LogP contribution in [0, 0.1) is 0 Å². The average molecular weight is 353 g/mol. The first kappa shape index (κ1) is 17.3. The molecule has 0 radical (unpaired) electrons. The third kappa shape index (κ3) is 7.17. The summed E-state index contributed by atoms with van der Waals surface area (Å²) < 4.78 is 41.7. The van der Waals surface area contributed by atoms with Crippen LogP contribution in [0.15, 0.2) is 22.7 Å². The standard InChI is InChI=1S/C15H20BrF3O/c1-2-3-4-5-6-7-8-12-9-10-13(16)11-14(12)20-15(17,18)19/h9-11H,2-8H2,1H3. The first-order valence-corrected chi connectivity index (χ1v) is 7.76. The molecule has 0 bridgehead atoms. The minimum atomic E-state index is -4.64. The molecule has 0 saturated carbocycles. The highest BCUT2D eigenvalue weighted by atomic mass is 79.9. The third-order valence-electron chi connectivity index (χ3n) is 3.05.